The largest absolute Gasteiger partial charge is 0.312 e. The van der Waals surface area contributed by atoms with Crippen LogP contribution < -0.4 is 10.2 Å². The molecule has 108 valence electrons. The predicted octanol–water partition coefficient (Wildman–Crippen LogP) is 2.17. The number of fused-ring (bicyclic) bond motifs is 1. The van der Waals surface area contributed by atoms with Gasteiger partial charge in [0.1, 0.15) is 0 Å². The Morgan fingerprint density at radius 2 is 2.15 bits per heavy atom. The molecule has 1 aromatic carbocycles. The molecule has 1 N–H and O–H groups in total. The third kappa shape index (κ3) is 2.90. The van der Waals surface area contributed by atoms with E-state index in [1.165, 1.54) is 0 Å². The fourth-order valence-electron chi connectivity index (χ4n) is 2.59. The second-order valence-electron chi connectivity index (χ2n) is 5.30. The standard InChI is InChI=1S/C16H22N2O2/c1-4-8-17-11(2)16(20)14-5-6-15-13(10-14)7-9-18(15)12(3)19/h5-6,10-11,17H,4,7-9H2,1-3H3. The summed E-state index contributed by atoms with van der Waals surface area (Å²) >= 11 is 0. The van der Waals surface area contributed by atoms with Crippen molar-refractivity contribution in [3.63, 3.8) is 0 Å². The van der Waals surface area contributed by atoms with E-state index in [2.05, 4.69) is 12.2 Å². The van der Waals surface area contributed by atoms with E-state index in [1.807, 2.05) is 25.1 Å². The second kappa shape index (κ2) is 6.18. The maximum atomic E-state index is 12.3. The molecule has 0 fully saturated rings. The maximum absolute atomic E-state index is 12.3. The van der Waals surface area contributed by atoms with Crippen LogP contribution in [0.2, 0.25) is 0 Å². The van der Waals surface area contributed by atoms with Crippen molar-refractivity contribution >= 4 is 17.4 Å². The molecule has 4 nitrogen and oxygen atoms in total. The topological polar surface area (TPSA) is 49.4 Å². The fraction of sp³-hybridized carbons (Fsp3) is 0.500. The first kappa shape index (κ1) is 14.7. The summed E-state index contributed by atoms with van der Waals surface area (Å²) in [6.07, 6.45) is 1.84. The zero-order valence-electron chi connectivity index (χ0n) is 12.4. The van der Waals surface area contributed by atoms with E-state index in [0.29, 0.717) is 6.54 Å². The number of hydrogen-bond donors (Lipinski definition) is 1. The van der Waals surface area contributed by atoms with Crippen molar-refractivity contribution in [1.29, 1.82) is 0 Å². The van der Waals surface area contributed by atoms with Gasteiger partial charge in [-0.15, -0.1) is 0 Å². The number of nitrogens with one attached hydrogen (secondary N) is 1. The van der Waals surface area contributed by atoms with Gasteiger partial charge in [0.15, 0.2) is 5.78 Å². The van der Waals surface area contributed by atoms with Gasteiger partial charge in [-0.05, 0) is 50.1 Å². The van der Waals surface area contributed by atoms with E-state index in [4.69, 9.17) is 0 Å². The molecule has 4 heteroatoms. The first-order valence-corrected chi connectivity index (χ1v) is 7.23. The Labute approximate surface area is 120 Å². The van der Waals surface area contributed by atoms with Crippen molar-refractivity contribution in [2.24, 2.45) is 0 Å². The lowest BCUT2D eigenvalue weighted by molar-refractivity contribution is -0.116. The van der Waals surface area contributed by atoms with Crippen LogP contribution in [0.1, 0.15) is 43.1 Å². The Hall–Kier alpha value is -1.68. The summed E-state index contributed by atoms with van der Waals surface area (Å²) in [6.45, 7) is 7.11. The molecule has 0 aliphatic carbocycles. The van der Waals surface area contributed by atoms with Gasteiger partial charge in [0.25, 0.3) is 0 Å². The predicted molar refractivity (Wildman–Crippen MR) is 80.3 cm³/mol. The van der Waals surface area contributed by atoms with E-state index in [0.717, 1.165) is 36.2 Å². The highest BCUT2D eigenvalue weighted by molar-refractivity contribution is 6.01. The Morgan fingerprint density at radius 1 is 1.40 bits per heavy atom. The zero-order chi connectivity index (χ0) is 14.7. The van der Waals surface area contributed by atoms with E-state index in [-0.39, 0.29) is 17.7 Å². The number of ketones is 1. The number of Topliss-reactive ketones (excluding diaryl/α,β-unsaturated/α-hetero) is 1. The quantitative estimate of drug-likeness (QED) is 0.837. The molecule has 0 spiro atoms. The Balaban J connectivity index is 2.16. The van der Waals surface area contributed by atoms with Crippen molar-refractivity contribution in [3.05, 3.63) is 29.3 Å². The van der Waals surface area contributed by atoms with Gasteiger partial charge in [-0.3, -0.25) is 9.59 Å². The summed E-state index contributed by atoms with van der Waals surface area (Å²) in [6, 6.07) is 5.49. The van der Waals surface area contributed by atoms with E-state index in [9.17, 15) is 9.59 Å². The summed E-state index contributed by atoms with van der Waals surface area (Å²) in [5.74, 6) is 0.170. The van der Waals surface area contributed by atoms with Gasteiger partial charge in [0.2, 0.25) is 5.91 Å². The summed E-state index contributed by atoms with van der Waals surface area (Å²) in [5.41, 5.74) is 2.77. The van der Waals surface area contributed by atoms with Crippen LogP contribution in [0, 0.1) is 0 Å². The van der Waals surface area contributed by atoms with Crippen LogP contribution in [0.4, 0.5) is 5.69 Å². The average molecular weight is 274 g/mol. The van der Waals surface area contributed by atoms with E-state index < -0.39 is 0 Å². The number of carbonyl (C=O) groups excluding carboxylic acids is 2. The Kier molecular flexibility index (Phi) is 4.55. The molecule has 1 amide bonds. The summed E-state index contributed by atoms with van der Waals surface area (Å²) < 4.78 is 0. The van der Waals surface area contributed by atoms with E-state index in [1.54, 1.807) is 11.8 Å². The molecule has 1 heterocycles. The fourth-order valence-corrected chi connectivity index (χ4v) is 2.59. The van der Waals surface area contributed by atoms with Crippen molar-refractivity contribution in [3.8, 4) is 0 Å². The van der Waals surface area contributed by atoms with Gasteiger partial charge in [-0.2, -0.15) is 0 Å². The summed E-state index contributed by atoms with van der Waals surface area (Å²) in [4.78, 5) is 25.6. The van der Waals surface area contributed by atoms with Gasteiger partial charge >= 0.3 is 0 Å². The van der Waals surface area contributed by atoms with Crippen molar-refractivity contribution in [2.45, 2.75) is 39.7 Å². The lowest BCUT2D eigenvalue weighted by atomic mass is 10.0. The van der Waals surface area contributed by atoms with Crippen LogP contribution in [0.5, 0.6) is 0 Å². The van der Waals surface area contributed by atoms with Crippen LogP contribution in [-0.4, -0.2) is 30.8 Å². The molecule has 1 aromatic rings. The molecule has 1 aliphatic heterocycles. The molecular formula is C16H22N2O2. The zero-order valence-corrected chi connectivity index (χ0v) is 12.4. The summed E-state index contributed by atoms with van der Waals surface area (Å²) in [7, 11) is 0. The second-order valence-corrected chi connectivity index (χ2v) is 5.30. The maximum Gasteiger partial charge on any atom is 0.223 e. The number of anilines is 1. The highest BCUT2D eigenvalue weighted by Gasteiger charge is 2.24. The molecule has 0 radical (unpaired) electrons. The third-order valence-electron chi connectivity index (χ3n) is 3.73. The third-order valence-corrected chi connectivity index (χ3v) is 3.73. The summed E-state index contributed by atoms with van der Waals surface area (Å²) in [5, 5.41) is 3.21. The van der Waals surface area contributed by atoms with Crippen LogP contribution >= 0.6 is 0 Å². The number of nitrogens with zero attached hydrogens (tertiary/aromatic N) is 1. The van der Waals surface area contributed by atoms with E-state index >= 15 is 0 Å². The lowest BCUT2D eigenvalue weighted by Gasteiger charge is -2.16. The van der Waals surface area contributed by atoms with Gasteiger partial charge < -0.3 is 10.2 Å². The number of amides is 1. The van der Waals surface area contributed by atoms with Crippen LogP contribution in [0.15, 0.2) is 18.2 Å². The minimum absolute atomic E-state index is 0.0563. The van der Waals surface area contributed by atoms with Crippen LogP contribution in [-0.2, 0) is 11.2 Å². The van der Waals surface area contributed by atoms with Crippen LogP contribution in [0.25, 0.3) is 0 Å². The highest BCUT2D eigenvalue weighted by atomic mass is 16.2. The van der Waals surface area contributed by atoms with Gasteiger partial charge in [-0.25, -0.2) is 0 Å². The molecule has 20 heavy (non-hydrogen) atoms. The molecular weight excluding hydrogens is 252 g/mol. The first-order chi connectivity index (χ1) is 9.54. The van der Waals surface area contributed by atoms with Gasteiger partial charge in [0, 0.05) is 24.7 Å². The van der Waals surface area contributed by atoms with Crippen molar-refractivity contribution in [2.75, 3.05) is 18.0 Å². The SMILES string of the molecule is CCCNC(C)C(=O)c1ccc2c(c1)CCN2C(C)=O. The molecule has 1 unspecified atom stereocenters. The molecule has 0 saturated carbocycles. The molecule has 2 rings (SSSR count). The molecule has 0 saturated heterocycles. The number of carbonyl (C=O) groups is 2. The number of rotatable bonds is 5. The van der Waals surface area contributed by atoms with Crippen molar-refractivity contribution < 1.29 is 9.59 Å². The molecule has 0 bridgehead atoms. The first-order valence-electron chi connectivity index (χ1n) is 7.23. The number of hydrogen-bond acceptors (Lipinski definition) is 3. The Morgan fingerprint density at radius 3 is 2.80 bits per heavy atom. The highest BCUT2D eigenvalue weighted by Crippen LogP contribution is 2.29. The van der Waals surface area contributed by atoms with Crippen LogP contribution in [0.3, 0.4) is 0 Å². The lowest BCUT2D eigenvalue weighted by Crippen LogP contribution is -2.34. The minimum atomic E-state index is -0.168. The van der Waals surface area contributed by atoms with Gasteiger partial charge in [-0.1, -0.05) is 6.92 Å². The molecule has 1 atom stereocenters. The van der Waals surface area contributed by atoms with Gasteiger partial charge in [0.05, 0.1) is 6.04 Å². The average Bonchev–Trinajstić information content (AvgIpc) is 2.86. The normalized spacial score (nSPS) is 15.1. The monoisotopic (exact) mass is 274 g/mol. The number of benzene rings is 1. The Bertz CT molecular complexity index is 525. The van der Waals surface area contributed by atoms with Crippen molar-refractivity contribution in [1.82, 2.24) is 5.32 Å². The molecule has 0 aromatic heterocycles. The molecule has 1 aliphatic rings. The minimum Gasteiger partial charge on any atom is -0.312 e. The smallest absolute Gasteiger partial charge is 0.223 e.